The van der Waals surface area contributed by atoms with Gasteiger partial charge in [0.2, 0.25) is 0 Å². The van der Waals surface area contributed by atoms with E-state index in [0.717, 1.165) is 5.56 Å². The number of hydrogen-bond donors (Lipinski definition) is 1. The van der Waals surface area contributed by atoms with Crippen LogP contribution in [0.5, 0.6) is 0 Å². The number of ether oxygens (including phenoxy) is 2. The Labute approximate surface area is 89.0 Å². The lowest BCUT2D eigenvalue weighted by molar-refractivity contribution is -0.144. The highest BCUT2D eigenvalue weighted by atomic mass is 16.6. The van der Waals surface area contributed by atoms with E-state index in [1.54, 1.807) is 19.2 Å². The maximum Gasteiger partial charge on any atom is 0.310 e. The zero-order chi connectivity index (χ0) is 11.1. The fraction of sp³-hybridized carbons (Fsp3) is 0.364. The van der Waals surface area contributed by atoms with Gasteiger partial charge in [0.1, 0.15) is 6.61 Å². The first-order valence-electron chi connectivity index (χ1n) is 4.71. The van der Waals surface area contributed by atoms with Crippen molar-refractivity contribution in [2.24, 2.45) is 0 Å². The van der Waals surface area contributed by atoms with Crippen LogP contribution >= 0.6 is 0 Å². The Bertz CT molecular complexity index is 325. The van der Waals surface area contributed by atoms with E-state index in [0.29, 0.717) is 12.3 Å². The molecule has 0 heterocycles. The topological polar surface area (TPSA) is 61.5 Å². The van der Waals surface area contributed by atoms with E-state index in [1.807, 2.05) is 12.1 Å². The van der Waals surface area contributed by atoms with Crippen LogP contribution in [0.25, 0.3) is 0 Å². The van der Waals surface area contributed by atoms with Gasteiger partial charge in [-0.25, -0.2) is 0 Å². The van der Waals surface area contributed by atoms with Crippen LogP contribution in [0.3, 0.4) is 0 Å². The molecule has 4 heteroatoms. The fourth-order valence-electron chi connectivity index (χ4n) is 1.16. The van der Waals surface area contributed by atoms with Crippen molar-refractivity contribution >= 4 is 11.7 Å². The van der Waals surface area contributed by atoms with E-state index in [9.17, 15) is 4.79 Å². The smallest absolute Gasteiger partial charge is 0.310 e. The van der Waals surface area contributed by atoms with Crippen LogP contribution in [0.4, 0.5) is 5.69 Å². The molecule has 1 aromatic rings. The molecule has 15 heavy (non-hydrogen) atoms. The van der Waals surface area contributed by atoms with E-state index in [2.05, 4.69) is 0 Å². The second-order valence-corrected chi connectivity index (χ2v) is 3.14. The molecule has 4 nitrogen and oxygen atoms in total. The Morgan fingerprint density at radius 2 is 2.20 bits per heavy atom. The van der Waals surface area contributed by atoms with Gasteiger partial charge in [-0.1, -0.05) is 12.1 Å². The summed E-state index contributed by atoms with van der Waals surface area (Å²) in [5.74, 6) is -0.266. The molecule has 0 aliphatic rings. The minimum Gasteiger partial charge on any atom is -0.463 e. The van der Waals surface area contributed by atoms with E-state index in [-0.39, 0.29) is 19.0 Å². The molecular formula is C11H15NO3. The fourth-order valence-corrected chi connectivity index (χ4v) is 1.16. The normalized spacial score (nSPS) is 9.93. The lowest BCUT2D eigenvalue weighted by atomic mass is 10.1. The van der Waals surface area contributed by atoms with E-state index in [1.165, 1.54) is 0 Å². The Morgan fingerprint density at radius 3 is 2.87 bits per heavy atom. The molecule has 0 saturated heterocycles. The SMILES string of the molecule is COCCOC(=O)Cc1cccc(N)c1. The summed E-state index contributed by atoms with van der Waals surface area (Å²) in [4.78, 5) is 11.3. The van der Waals surface area contributed by atoms with Gasteiger partial charge in [-0.05, 0) is 17.7 Å². The predicted octanol–water partition coefficient (Wildman–Crippen LogP) is 1.00. The number of carbonyl (C=O) groups is 1. The summed E-state index contributed by atoms with van der Waals surface area (Å²) in [6.07, 6.45) is 0.245. The molecule has 82 valence electrons. The molecule has 0 saturated carbocycles. The Balaban J connectivity index is 2.37. The summed E-state index contributed by atoms with van der Waals surface area (Å²) in [5, 5.41) is 0. The molecule has 0 aromatic heterocycles. The molecule has 0 unspecified atom stereocenters. The Morgan fingerprint density at radius 1 is 1.40 bits per heavy atom. The summed E-state index contributed by atoms with van der Waals surface area (Å²) in [7, 11) is 1.56. The van der Waals surface area contributed by atoms with Crippen molar-refractivity contribution in [3.63, 3.8) is 0 Å². The van der Waals surface area contributed by atoms with E-state index < -0.39 is 0 Å². The summed E-state index contributed by atoms with van der Waals surface area (Å²) < 4.78 is 9.69. The first-order chi connectivity index (χ1) is 7.22. The molecule has 0 amide bonds. The van der Waals surface area contributed by atoms with Crippen LogP contribution in [0.2, 0.25) is 0 Å². The van der Waals surface area contributed by atoms with Crippen LogP contribution in [0, 0.1) is 0 Å². The molecule has 0 radical (unpaired) electrons. The zero-order valence-electron chi connectivity index (χ0n) is 8.73. The minimum absolute atomic E-state index is 0.245. The highest BCUT2D eigenvalue weighted by molar-refractivity contribution is 5.72. The number of nitrogen functional groups attached to an aromatic ring is 1. The lowest BCUT2D eigenvalue weighted by Crippen LogP contribution is -2.12. The predicted molar refractivity (Wildman–Crippen MR) is 57.4 cm³/mol. The van der Waals surface area contributed by atoms with Crippen molar-refractivity contribution < 1.29 is 14.3 Å². The molecule has 0 fully saturated rings. The van der Waals surface area contributed by atoms with E-state index in [4.69, 9.17) is 15.2 Å². The van der Waals surface area contributed by atoms with Gasteiger partial charge in [0.25, 0.3) is 0 Å². The average molecular weight is 209 g/mol. The average Bonchev–Trinajstić information content (AvgIpc) is 2.18. The van der Waals surface area contributed by atoms with Crippen molar-refractivity contribution in [1.82, 2.24) is 0 Å². The number of hydrogen-bond acceptors (Lipinski definition) is 4. The summed E-state index contributed by atoms with van der Waals surface area (Å²) >= 11 is 0. The number of carbonyl (C=O) groups excluding carboxylic acids is 1. The van der Waals surface area contributed by atoms with Crippen LogP contribution in [-0.4, -0.2) is 26.3 Å². The van der Waals surface area contributed by atoms with Gasteiger partial charge in [-0.2, -0.15) is 0 Å². The maximum atomic E-state index is 11.3. The first kappa shape index (κ1) is 11.5. The van der Waals surface area contributed by atoms with Gasteiger partial charge in [0.05, 0.1) is 13.0 Å². The molecule has 0 aliphatic carbocycles. The minimum atomic E-state index is -0.266. The second-order valence-electron chi connectivity index (χ2n) is 3.14. The molecule has 0 spiro atoms. The molecule has 1 aromatic carbocycles. The number of benzene rings is 1. The van der Waals surface area contributed by atoms with Gasteiger partial charge >= 0.3 is 5.97 Å². The number of methoxy groups -OCH3 is 1. The number of rotatable bonds is 5. The molecule has 0 atom stereocenters. The zero-order valence-corrected chi connectivity index (χ0v) is 8.73. The monoisotopic (exact) mass is 209 g/mol. The van der Waals surface area contributed by atoms with Crippen molar-refractivity contribution in [3.8, 4) is 0 Å². The molecule has 2 N–H and O–H groups in total. The number of anilines is 1. The third kappa shape index (κ3) is 4.46. The van der Waals surface area contributed by atoms with Gasteiger partial charge in [0, 0.05) is 12.8 Å². The molecule has 0 aliphatic heterocycles. The second kappa shape index (κ2) is 6.03. The highest BCUT2D eigenvalue weighted by Crippen LogP contribution is 2.07. The third-order valence-corrected chi connectivity index (χ3v) is 1.85. The largest absolute Gasteiger partial charge is 0.463 e. The maximum absolute atomic E-state index is 11.3. The molecule has 0 bridgehead atoms. The number of esters is 1. The van der Waals surface area contributed by atoms with Crippen molar-refractivity contribution in [2.75, 3.05) is 26.1 Å². The summed E-state index contributed by atoms with van der Waals surface area (Å²) in [6, 6.07) is 7.19. The van der Waals surface area contributed by atoms with Crippen LogP contribution in [0.15, 0.2) is 24.3 Å². The van der Waals surface area contributed by atoms with Gasteiger partial charge < -0.3 is 15.2 Å². The van der Waals surface area contributed by atoms with E-state index >= 15 is 0 Å². The van der Waals surface area contributed by atoms with Crippen LogP contribution < -0.4 is 5.73 Å². The number of nitrogens with two attached hydrogens (primary N) is 1. The Hall–Kier alpha value is -1.55. The van der Waals surface area contributed by atoms with Gasteiger partial charge in [-0.3, -0.25) is 4.79 Å². The van der Waals surface area contributed by atoms with Gasteiger partial charge in [-0.15, -0.1) is 0 Å². The van der Waals surface area contributed by atoms with Crippen molar-refractivity contribution in [2.45, 2.75) is 6.42 Å². The standard InChI is InChI=1S/C11H15NO3/c1-14-5-6-15-11(13)8-9-3-2-4-10(12)7-9/h2-4,7H,5-6,8,12H2,1H3. The molecule has 1 rings (SSSR count). The molecular weight excluding hydrogens is 194 g/mol. The van der Waals surface area contributed by atoms with Crippen molar-refractivity contribution in [3.05, 3.63) is 29.8 Å². The van der Waals surface area contributed by atoms with Crippen molar-refractivity contribution in [1.29, 1.82) is 0 Å². The highest BCUT2D eigenvalue weighted by Gasteiger charge is 2.04. The van der Waals surface area contributed by atoms with Crippen LogP contribution in [0.1, 0.15) is 5.56 Å². The summed E-state index contributed by atoms with van der Waals surface area (Å²) in [5.41, 5.74) is 7.09. The van der Waals surface area contributed by atoms with Gasteiger partial charge in [0.15, 0.2) is 0 Å². The lowest BCUT2D eigenvalue weighted by Gasteiger charge is -2.04. The Kier molecular flexibility index (Phi) is 4.63. The third-order valence-electron chi connectivity index (χ3n) is 1.85. The van der Waals surface area contributed by atoms with Crippen LogP contribution in [-0.2, 0) is 20.7 Å². The first-order valence-corrected chi connectivity index (χ1v) is 4.71. The summed E-state index contributed by atoms with van der Waals surface area (Å²) in [6.45, 7) is 0.709. The quantitative estimate of drug-likeness (QED) is 0.446.